The lowest BCUT2D eigenvalue weighted by Crippen LogP contribution is -2.55. The number of anilines is 1. The summed E-state index contributed by atoms with van der Waals surface area (Å²) in [6.07, 6.45) is -9.93. The van der Waals surface area contributed by atoms with Crippen LogP contribution < -0.4 is 9.64 Å². The van der Waals surface area contributed by atoms with Crippen molar-refractivity contribution in [3.05, 3.63) is 94.0 Å². The zero-order valence-corrected chi connectivity index (χ0v) is 21.6. The van der Waals surface area contributed by atoms with E-state index in [0.29, 0.717) is 42.5 Å². The highest BCUT2D eigenvalue weighted by Crippen LogP contribution is 2.42. The highest BCUT2D eigenvalue weighted by molar-refractivity contribution is 6.33. The number of nitrogens with zero attached hydrogens (tertiary/aromatic N) is 2. The van der Waals surface area contributed by atoms with Crippen molar-refractivity contribution in [1.82, 2.24) is 4.90 Å². The summed E-state index contributed by atoms with van der Waals surface area (Å²) >= 11 is 6.37. The first-order valence-corrected chi connectivity index (χ1v) is 12.4. The molecule has 3 aromatic rings. The lowest BCUT2D eigenvalue weighted by molar-refractivity contribution is -0.143. The Labute approximate surface area is 222 Å². The molecule has 38 heavy (non-hydrogen) atoms. The van der Waals surface area contributed by atoms with Crippen LogP contribution in [-0.2, 0) is 24.3 Å². The van der Waals surface area contributed by atoms with Gasteiger partial charge in [-0.05, 0) is 55.3 Å². The molecule has 3 aromatic carbocycles. The summed E-state index contributed by atoms with van der Waals surface area (Å²) in [6, 6.07) is 16.3. The maximum absolute atomic E-state index is 13.6. The summed E-state index contributed by atoms with van der Waals surface area (Å²) in [5, 5.41) is 0.608. The van der Waals surface area contributed by atoms with Crippen LogP contribution in [0.25, 0.3) is 0 Å². The van der Waals surface area contributed by atoms with Crippen LogP contribution in [0.1, 0.15) is 29.2 Å². The van der Waals surface area contributed by atoms with Crippen molar-refractivity contribution in [3.63, 3.8) is 0 Å². The average Bonchev–Trinajstić information content (AvgIpc) is 2.88. The summed E-state index contributed by atoms with van der Waals surface area (Å²) in [7, 11) is 1.49. The SMILES string of the molecule is COc1ccccc1C(C)(Cc1cc(C(F)(F)F)cc(C(F)(F)F)c1)N1CCN(c2ccccc2Cl)CC1. The molecule has 0 saturated carbocycles. The van der Waals surface area contributed by atoms with Crippen LogP contribution >= 0.6 is 11.6 Å². The molecule has 10 heteroatoms. The molecule has 1 fully saturated rings. The van der Waals surface area contributed by atoms with E-state index in [1.165, 1.54) is 7.11 Å². The molecule has 1 saturated heterocycles. The number of methoxy groups -OCH3 is 1. The van der Waals surface area contributed by atoms with Crippen LogP contribution in [0, 0.1) is 0 Å². The van der Waals surface area contributed by atoms with Crippen LogP contribution in [0.2, 0.25) is 5.02 Å². The Morgan fingerprint density at radius 1 is 0.789 bits per heavy atom. The quantitative estimate of drug-likeness (QED) is 0.290. The number of para-hydroxylation sites is 2. The van der Waals surface area contributed by atoms with Gasteiger partial charge in [0, 0.05) is 31.7 Å². The highest BCUT2D eigenvalue weighted by atomic mass is 35.5. The van der Waals surface area contributed by atoms with Gasteiger partial charge in [0.2, 0.25) is 0 Å². The number of hydrogen-bond acceptors (Lipinski definition) is 3. The standard InChI is InChI=1S/C28H27ClF6N2O/c1-26(22-7-3-6-10-25(22)38-2,37-13-11-36(12-14-37)24-9-5-4-8-23(24)29)18-19-15-20(27(30,31)32)17-21(16-19)28(33,34)35/h3-10,15-17H,11-14,18H2,1-2H3. The molecule has 0 N–H and O–H groups in total. The molecular formula is C28H27ClF6N2O. The van der Waals surface area contributed by atoms with E-state index in [1.54, 1.807) is 30.3 Å². The van der Waals surface area contributed by atoms with Crippen LogP contribution in [-0.4, -0.2) is 38.2 Å². The Hall–Kier alpha value is -2.91. The van der Waals surface area contributed by atoms with Gasteiger partial charge in [-0.15, -0.1) is 0 Å². The number of halogens is 7. The average molecular weight is 557 g/mol. The molecule has 0 aromatic heterocycles. The zero-order valence-electron chi connectivity index (χ0n) is 20.8. The van der Waals surface area contributed by atoms with Crippen LogP contribution in [0.3, 0.4) is 0 Å². The van der Waals surface area contributed by atoms with Crippen molar-refractivity contribution in [2.75, 3.05) is 38.2 Å². The molecule has 1 atom stereocenters. The normalized spacial score (nSPS) is 16.8. The minimum Gasteiger partial charge on any atom is -0.496 e. The van der Waals surface area contributed by atoms with Crippen molar-refractivity contribution < 1.29 is 31.1 Å². The van der Waals surface area contributed by atoms with E-state index in [0.717, 1.165) is 17.8 Å². The first-order valence-electron chi connectivity index (χ1n) is 12.0. The molecule has 0 amide bonds. The van der Waals surface area contributed by atoms with Crippen LogP contribution in [0.4, 0.5) is 32.0 Å². The van der Waals surface area contributed by atoms with Gasteiger partial charge in [-0.1, -0.05) is 41.9 Å². The van der Waals surface area contributed by atoms with E-state index in [9.17, 15) is 26.3 Å². The van der Waals surface area contributed by atoms with Gasteiger partial charge in [0.1, 0.15) is 5.75 Å². The minimum absolute atomic E-state index is 0.0610. The van der Waals surface area contributed by atoms with Crippen molar-refractivity contribution in [2.24, 2.45) is 0 Å². The van der Waals surface area contributed by atoms with Gasteiger partial charge < -0.3 is 9.64 Å². The lowest BCUT2D eigenvalue weighted by atomic mass is 9.82. The van der Waals surface area contributed by atoms with Crippen LogP contribution in [0.15, 0.2) is 66.7 Å². The Balaban J connectivity index is 1.74. The molecule has 1 aliphatic heterocycles. The third-order valence-corrected chi connectivity index (χ3v) is 7.37. The smallest absolute Gasteiger partial charge is 0.416 e. The third kappa shape index (κ3) is 5.89. The summed E-state index contributed by atoms with van der Waals surface area (Å²) in [5.74, 6) is 0.506. The fourth-order valence-electron chi connectivity index (χ4n) is 5.13. The molecule has 3 nitrogen and oxygen atoms in total. The van der Waals surface area contributed by atoms with Crippen molar-refractivity contribution in [1.29, 1.82) is 0 Å². The molecule has 0 bridgehead atoms. The second-order valence-electron chi connectivity index (χ2n) is 9.49. The number of rotatable bonds is 6. The summed E-state index contributed by atoms with van der Waals surface area (Å²) in [4.78, 5) is 4.21. The zero-order chi connectivity index (χ0) is 27.7. The van der Waals surface area contributed by atoms with E-state index < -0.39 is 29.0 Å². The van der Waals surface area contributed by atoms with E-state index in [1.807, 2.05) is 25.1 Å². The lowest BCUT2D eigenvalue weighted by Gasteiger charge is -2.47. The van der Waals surface area contributed by atoms with E-state index >= 15 is 0 Å². The van der Waals surface area contributed by atoms with Gasteiger partial charge in [-0.25, -0.2) is 0 Å². The van der Waals surface area contributed by atoms with Crippen molar-refractivity contribution >= 4 is 17.3 Å². The maximum atomic E-state index is 13.6. The fourth-order valence-corrected chi connectivity index (χ4v) is 5.39. The number of benzene rings is 3. The minimum atomic E-state index is -4.92. The van der Waals surface area contributed by atoms with E-state index in [4.69, 9.17) is 16.3 Å². The first-order chi connectivity index (χ1) is 17.8. The molecule has 1 unspecified atom stereocenters. The number of hydrogen-bond donors (Lipinski definition) is 0. The number of piperazine rings is 1. The Morgan fingerprint density at radius 3 is 1.89 bits per heavy atom. The largest absolute Gasteiger partial charge is 0.496 e. The number of ether oxygens (including phenoxy) is 1. The predicted molar refractivity (Wildman–Crippen MR) is 136 cm³/mol. The Kier molecular flexibility index (Phi) is 7.91. The van der Waals surface area contributed by atoms with E-state index in [2.05, 4.69) is 9.80 Å². The second kappa shape index (κ2) is 10.7. The van der Waals surface area contributed by atoms with Gasteiger partial charge >= 0.3 is 12.4 Å². The molecule has 1 heterocycles. The molecular weight excluding hydrogens is 530 g/mol. The van der Waals surface area contributed by atoms with Gasteiger partial charge in [0.05, 0.1) is 34.5 Å². The highest BCUT2D eigenvalue weighted by Gasteiger charge is 2.41. The molecule has 1 aliphatic rings. The number of alkyl halides is 6. The van der Waals surface area contributed by atoms with E-state index in [-0.39, 0.29) is 18.1 Å². The monoisotopic (exact) mass is 556 g/mol. The van der Waals surface area contributed by atoms with Gasteiger partial charge in [-0.3, -0.25) is 4.90 Å². The van der Waals surface area contributed by atoms with Crippen LogP contribution in [0.5, 0.6) is 5.75 Å². The summed E-state index contributed by atoms with van der Waals surface area (Å²) in [5.41, 5.74) is -2.12. The second-order valence-corrected chi connectivity index (χ2v) is 9.90. The maximum Gasteiger partial charge on any atom is 0.416 e. The van der Waals surface area contributed by atoms with Gasteiger partial charge in [0.15, 0.2) is 0 Å². The summed E-state index contributed by atoms with van der Waals surface area (Å²) in [6.45, 7) is 4.00. The molecule has 0 spiro atoms. The summed E-state index contributed by atoms with van der Waals surface area (Å²) < 4.78 is 87.1. The topological polar surface area (TPSA) is 15.7 Å². The third-order valence-electron chi connectivity index (χ3n) is 7.05. The molecule has 0 radical (unpaired) electrons. The molecule has 4 rings (SSSR count). The fraction of sp³-hybridized carbons (Fsp3) is 0.357. The van der Waals surface area contributed by atoms with Gasteiger partial charge in [-0.2, -0.15) is 26.3 Å². The first kappa shape index (κ1) is 28.1. The Bertz CT molecular complexity index is 1240. The Morgan fingerprint density at radius 2 is 1.34 bits per heavy atom. The molecule has 0 aliphatic carbocycles. The van der Waals surface area contributed by atoms with Crippen molar-refractivity contribution in [2.45, 2.75) is 31.2 Å². The molecule has 204 valence electrons. The van der Waals surface area contributed by atoms with Crippen molar-refractivity contribution in [3.8, 4) is 5.75 Å². The van der Waals surface area contributed by atoms with Gasteiger partial charge in [0.25, 0.3) is 0 Å². The predicted octanol–water partition coefficient (Wildman–Crippen LogP) is 7.67.